The second-order valence-electron chi connectivity index (χ2n) is 6.01. The molecule has 1 aromatic carbocycles. The molecule has 7 nitrogen and oxygen atoms in total. The van der Waals surface area contributed by atoms with Gasteiger partial charge in [-0.3, -0.25) is 4.79 Å². The zero-order valence-corrected chi connectivity index (χ0v) is 15.4. The number of aromatic carboxylic acids is 1. The molecule has 1 amide bonds. The lowest BCUT2D eigenvalue weighted by atomic mass is 9.98. The van der Waals surface area contributed by atoms with Crippen molar-refractivity contribution in [3.8, 4) is 0 Å². The molecule has 26 heavy (non-hydrogen) atoms. The third-order valence-corrected chi connectivity index (χ3v) is 7.48. The van der Waals surface area contributed by atoms with Crippen LogP contribution in [0.3, 0.4) is 0 Å². The number of amides is 1. The van der Waals surface area contributed by atoms with E-state index in [9.17, 15) is 18.0 Å². The van der Waals surface area contributed by atoms with Crippen LogP contribution in [-0.4, -0.2) is 42.8 Å². The highest BCUT2D eigenvalue weighted by molar-refractivity contribution is 7.91. The summed E-state index contributed by atoms with van der Waals surface area (Å²) < 4.78 is 26.9. The monoisotopic (exact) mass is 394 g/mol. The van der Waals surface area contributed by atoms with Crippen LogP contribution in [-0.2, 0) is 14.8 Å². The molecule has 1 fully saturated rings. The van der Waals surface area contributed by atoms with Crippen molar-refractivity contribution < 1.29 is 23.1 Å². The Hall–Kier alpha value is -2.23. The van der Waals surface area contributed by atoms with Crippen molar-refractivity contribution in [2.24, 2.45) is 5.92 Å². The van der Waals surface area contributed by atoms with Crippen LogP contribution < -0.4 is 5.32 Å². The number of sulfonamides is 1. The maximum Gasteiger partial charge on any atom is 0.335 e. The Labute approximate surface area is 155 Å². The van der Waals surface area contributed by atoms with Crippen molar-refractivity contribution in [1.29, 1.82) is 0 Å². The largest absolute Gasteiger partial charge is 0.478 e. The average molecular weight is 394 g/mol. The molecular formula is C17H18N2O5S2. The average Bonchev–Trinajstić information content (AvgIpc) is 3.18. The third kappa shape index (κ3) is 3.95. The zero-order chi connectivity index (χ0) is 18.7. The highest BCUT2D eigenvalue weighted by Gasteiger charge is 2.33. The number of carbonyl (C=O) groups is 2. The number of benzene rings is 1. The van der Waals surface area contributed by atoms with Gasteiger partial charge in [-0.2, -0.15) is 4.31 Å². The SMILES string of the molecule is O=C(O)c1ccc(NC(=O)[C@@H]2CCCN(S(=O)(=O)c3cccs3)C2)cc1. The first-order valence-corrected chi connectivity index (χ1v) is 10.4. The van der Waals surface area contributed by atoms with Gasteiger partial charge in [0, 0.05) is 18.8 Å². The predicted molar refractivity (Wildman–Crippen MR) is 97.8 cm³/mol. The van der Waals surface area contributed by atoms with Gasteiger partial charge in [-0.25, -0.2) is 13.2 Å². The Kier molecular flexibility index (Phi) is 5.40. The van der Waals surface area contributed by atoms with Crippen molar-refractivity contribution in [2.45, 2.75) is 17.1 Å². The van der Waals surface area contributed by atoms with E-state index in [4.69, 9.17) is 5.11 Å². The lowest BCUT2D eigenvalue weighted by Crippen LogP contribution is -2.43. The van der Waals surface area contributed by atoms with Crippen molar-refractivity contribution in [2.75, 3.05) is 18.4 Å². The van der Waals surface area contributed by atoms with Gasteiger partial charge in [0.15, 0.2) is 0 Å². The molecule has 1 aliphatic heterocycles. The van der Waals surface area contributed by atoms with E-state index in [1.165, 1.54) is 28.6 Å². The van der Waals surface area contributed by atoms with Crippen LogP contribution in [0.25, 0.3) is 0 Å². The predicted octanol–water partition coefficient (Wildman–Crippen LogP) is 2.49. The van der Waals surface area contributed by atoms with Gasteiger partial charge in [0.05, 0.1) is 11.5 Å². The fourth-order valence-corrected chi connectivity index (χ4v) is 5.52. The van der Waals surface area contributed by atoms with Crippen LogP contribution in [0.15, 0.2) is 46.0 Å². The number of carbonyl (C=O) groups excluding carboxylic acids is 1. The molecule has 1 atom stereocenters. The first-order chi connectivity index (χ1) is 12.4. The van der Waals surface area contributed by atoms with Gasteiger partial charge in [0.1, 0.15) is 4.21 Å². The maximum absolute atomic E-state index is 12.6. The number of thiophene rings is 1. The van der Waals surface area contributed by atoms with Gasteiger partial charge >= 0.3 is 5.97 Å². The van der Waals surface area contributed by atoms with Crippen LogP contribution in [0.2, 0.25) is 0 Å². The van der Waals surface area contributed by atoms with Crippen molar-refractivity contribution in [3.63, 3.8) is 0 Å². The number of piperidine rings is 1. The summed E-state index contributed by atoms with van der Waals surface area (Å²) in [5.41, 5.74) is 0.618. The van der Waals surface area contributed by atoms with Gasteiger partial charge in [-0.15, -0.1) is 11.3 Å². The first kappa shape index (κ1) is 18.6. The summed E-state index contributed by atoms with van der Waals surface area (Å²) in [6, 6.07) is 9.10. The van der Waals surface area contributed by atoms with E-state index < -0.39 is 21.9 Å². The zero-order valence-electron chi connectivity index (χ0n) is 13.8. The quantitative estimate of drug-likeness (QED) is 0.811. The third-order valence-electron chi connectivity index (χ3n) is 4.24. The van der Waals surface area contributed by atoms with E-state index in [1.807, 2.05) is 0 Å². The van der Waals surface area contributed by atoms with E-state index >= 15 is 0 Å². The van der Waals surface area contributed by atoms with Crippen LogP contribution >= 0.6 is 11.3 Å². The number of rotatable bonds is 5. The molecule has 3 rings (SSSR count). The normalized spacial score (nSPS) is 18.4. The molecule has 9 heteroatoms. The molecule has 0 spiro atoms. The molecule has 2 heterocycles. The van der Waals surface area contributed by atoms with Gasteiger partial charge in [-0.1, -0.05) is 6.07 Å². The first-order valence-electron chi connectivity index (χ1n) is 8.06. The van der Waals surface area contributed by atoms with E-state index in [-0.39, 0.29) is 22.2 Å². The van der Waals surface area contributed by atoms with Crippen molar-refractivity contribution >= 4 is 38.9 Å². The van der Waals surface area contributed by atoms with Crippen LogP contribution in [0.4, 0.5) is 5.69 Å². The van der Waals surface area contributed by atoms with Crippen molar-refractivity contribution in [1.82, 2.24) is 4.31 Å². The molecule has 138 valence electrons. The molecule has 0 unspecified atom stereocenters. The van der Waals surface area contributed by atoms with Gasteiger partial charge in [-0.05, 0) is 48.6 Å². The highest BCUT2D eigenvalue weighted by atomic mass is 32.2. The Bertz CT molecular complexity index is 892. The summed E-state index contributed by atoms with van der Waals surface area (Å²) in [7, 11) is -3.57. The number of hydrogen-bond acceptors (Lipinski definition) is 5. The smallest absolute Gasteiger partial charge is 0.335 e. The summed E-state index contributed by atoms with van der Waals surface area (Å²) >= 11 is 1.16. The number of nitrogens with zero attached hydrogens (tertiary/aromatic N) is 1. The van der Waals surface area contributed by atoms with Gasteiger partial charge in [0.2, 0.25) is 5.91 Å². The van der Waals surface area contributed by atoms with Crippen molar-refractivity contribution in [3.05, 3.63) is 47.3 Å². The number of carboxylic acid groups (broad SMARTS) is 1. The molecule has 0 saturated carbocycles. The molecule has 2 N–H and O–H groups in total. The van der Waals surface area contributed by atoms with E-state index in [1.54, 1.807) is 17.5 Å². The molecule has 0 radical (unpaired) electrons. The minimum atomic E-state index is -3.57. The molecular weight excluding hydrogens is 376 g/mol. The van der Waals surface area contributed by atoms with Gasteiger partial charge < -0.3 is 10.4 Å². The summed E-state index contributed by atoms with van der Waals surface area (Å²) in [6.45, 7) is 0.538. The molecule has 1 aromatic heterocycles. The molecule has 2 aromatic rings. The van der Waals surface area contributed by atoms with E-state index in [0.717, 1.165) is 11.3 Å². The topological polar surface area (TPSA) is 104 Å². The van der Waals surface area contributed by atoms with E-state index in [2.05, 4.69) is 5.32 Å². The van der Waals surface area contributed by atoms with Crippen LogP contribution in [0.1, 0.15) is 23.2 Å². The van der Waals surface area contributed by atoms with Crippen LogP contribution in [0.5, 0.6) is 0 Å². The molecule has 1 saturated heterocycles. The Morgan fingerprint density at radius 1 is 1.19 bits per heavy atom. The lowest BCUT2D eigenvalue weighted by Gasteiger charge is -2.30. The number of nitrogens with one attached hydrogen (secondary N) is 1. The lowest BCUT2D eigenvalue weighted by molar-refractivity contribution is -0.120. The summed E-state index contributed by atoms with van der Waals surface area (Å²) in [5.74, 6) is -1.75. The van der Waals surface area contributed by atoms with Crippen LogP contribution in [0, 0.1) is 5.92 Å². The minimum absolute atomic E-state index is 0.133. The molecule has 0 aliphatic carbocycles. The molecule has 0 bridgehead atoms. The maximum atomic E-state index is 12.6. The number of hydrogen-bond donors (Lipinski definition) is 2. The Morgan fingerprint density at radius 3 is 2.54 bits per heavy atom. The second kappa shape index (κ2) is 7.56. The standard InChI is InChI=1S/C17H18N2O5S2/c20-16(18-14-7-5-12(6-8-14)17(21)22)13-3-1-9-19(11-13)26(23,24)15-4-2-10-25-15/h2,4-8,10,13H,1,3,9,11H2,(H,18,20)(H,21,22)/t13-/m1/s1. The Balaban J connectivity index is 1.67. The fourth-order valence-electron chi connectivity index (χ4n) is 2.85. The Morgan fingerprint density at radius 2 is 1.92 bits per heavy atom. The second-order valence-corrected chi connectivity index (χ2v) is 9.12. The molecule has 1 aliphatic rings. The summed E-state index contributed by atoms with van der Waals surface area (Å²) in [6.07, 6.45) is 1.22. The summed E-state index contributed by atoms with van der Waals surface area (Å²) in [5, 5.41) is 13.3. The fraction of sp³-hybridized carbons (Fsp3) is 0.294. The highest BCUT2D eigenvalue weighted by Crippen LogP contribution is 2.27. The van der Waals surface area contributed by atoms with Gasteiger partial charge in [0.25, 0.3) is 10.0 Å². The number of anilines is 1. The van der Waals surface area contributed by atoms with E-state index in [0.29, 0.717) is 25.1 Å². The summed E-state index contributed by atoms with van der Waals surface area (Å²) in [4.78, 5) is 23.4. The minimum Gasteiger partial charge on any atom is -0.478 e. The number of carboxylic acids is 1.